The van der Waals surface area contributed by atoms with Crippen LogP contribution in [0.1, 0.15) is 39.8 Å². The maximum Gasteiger partial charge on any atom is 0.305 e. The summed E-state index contributed by atoms with van der Waals surface area (Å²) in [5.41, 5.74) is 1.30. The van der Waals surface area contributed by atoms with E-state index >= 15 is 0 Å². The normalized spacial score (nSPS) is 12.0. The zero-order valence-corrected chi connectivity index (χ0v) is 12.8. The number of carboxylic acid groups (broad SMARTS) is 1. The van der Waals surface area contributed by atoms with E-state index in [1.807, 2.05) is 0 Å². The van der Waals surface area contributed by atoms with Crippen LogP contribution in [0.4, 0.5) is 0 Å². The zero-order valence-electron chi connectivity index (χ0n) is 12.1. The Morgan fingerprint density at radius 1 is 1.36 bits per heavy atom. The van der Waals surface area contributed by atoms with Gasteiger partial charge in [-0.05, 0) is 25.5 Å². The molecule has 2 rings (SSSR count). The van der Waals surface area contributed by atoms with Crippen molar-refractivity contribution in [3.05, 3.63) is 51.9 Å². The van der Waals surface area contributed by atoms with Crippen LogP contribution in [0.25, 0.3) is 0 Å². The van der Waals surface area contributed by atoms with Gasteiger partial charge in [-0.1, -0.05) is 35.0 Å². The molecule has 116 valence electrons. The van der Waals surface area contributed by atoms with Gasteiger partial charge >= 0.3 is 5.97 Å². The Morgan fingerprint density at radius 3 is 2.59 bits per heavy atom. The van der Waals surface area contributed by atoms with E-state index in [-0.39, 0.29) is 6.42 Å². The molecular formula is C15H15ClN2O4. The molecule has 22 heavy (non-hydrogen) atoms. The number of aliphatic carboxylic acids is 1. The summed E-state index contributed by atoms with van der Waals surface area (Å²) in [4.78, 5) is 23.4. The molecule has 0 fully saturated rings. The molecule has 1 aromatic carbocycles. The van der Waals surface area contributed by atoms with Crippen molar-refractivity contribution in [1.82, 2.24) is 10.5 Å². The molecule has 0 aliphatic heterocycles. The van der Waals surface area contributed by atoms with E-state index in [2.05, 4.69) is 10.5 Å². The van der Waals surface area contributed by atoms with E-state index in [0.29, 0.717) is 27.6 Å². The van der Waals surface area contributed by atoms with Gasteiger partial charge in [-0.3, -0.25) is 9.59 Å². The Labute approximate surface area is 132 Å². The number of carboxylic acids is 1. The highest BCUT2D eigenvalue weighted by molar-refractivity contribution is 6.31. The van der Waals surface area contributed by atoms with Gasteiger partial charge < -0.3 is 14.9 Å². The van der Waals surface area contributed by atoms with E-state index < -0.39 is 17.9 Å². The van der Waals surface area contributed by atoms with Crippen molar-refractivity contribution in [3.8, 4) is 0 Å². The number of carbonyl (C=O) groups excluding carboxylic acids is 1. The summed E-state index contributed by atoms with van der Waals surface area (Å²) in [5.74, 6) is -1.10. The van der Waals surface area contributed by atoms with Gasteiger partial charge in [0.15, 0.2) is 0 Å². The summed E-state index contributed by atoms with van der Waals surface area (Å²) in [6.45, 7) is 3.27. The lowest BCUT2D eigenvalue weighted by Crippen LogP contribution is -2.31. The molecule has 0 aliphatic carbocycles. The fraction of sp³-hybridized carbons (Fsp3) is 0.267. The molecular weight excluding hydrogens is 308 g/mol. The van der Waals surface area contributed by atoms with E-state index in [1.165, 1.54) is 0 Å². The molecule has 0 unspecified atom stereocenters. The Balaban J connectivity index is 2.30. The topological polar surface area (TPSA) is 92.4 Å². The van der Waals surface area contributed by atoms with Crippen LogP contribution >= 0.6 is 11.6 Å². The second-order valence-electron chi connectivity index (χ2n) is 4.84. The van der Waals surface area contributed by atoms with Gasteiger partial charge in [0.25, 0.3) is 5.91 Å². The number of rotatable bonds is 5. The fourth-order valence-electron chi connectivity index (χ4n) is 2.21. The summed E-state index contributed by atoms with van der Waals surface area (Å²) in [5, 5.41) is 15.9. The molecule has 1 atom stereocenters. The standard InChI is InChI=1S/C15H15ClN2O4/c1-8-14(9(2)22-18-8)15(21)17-12(7-13(19)20)10-5-3-4-6-11(10)16/h3-6,12H,7H2,1-2H3,(H,17,21)(H,19,20)/t12-/m1/s1. The maximum atomic E-state index is 12.4. The minimum atomic E-state index is -1.04. The molecule has 2 aromatic rings. The lowest BCUT2D eigenvalue weighted by atomic mass is 10.0. The third kappa shape index (κ3) is 3.46. The molecule has 0 saturated heterocycles. The molecule has 0 saturated carbocycles. The first kappa shape index (κ1) is 16.0. The lowest BCUT2D eigenvalue weighted by Gasteiger charge is -2.18. The van der Waals surface area contributed by atoms with Crippen molar-refractivity contribution in [2.24, 2.45) is 0 Å². The van der Waals surface area contributed by atoms with Crippen LogP contribution in [0, 0.1) is 13.8 Å². The van der Waals surface area contributed by atoms with Crippen molar-refractivity contribution < 1.29 is 19.2 Å². The van der Waals surface area contributed by atoms with E-state index in [0.717, 1.165) is 0 Å². The Hall–Kier alpha value is -2.34. The maximum absolute atomic E-state index is 12.4. The van der Waals surface area contributed by atoms with Crippen LogP contribution in [-0.2, 0) is 4.79 Å². The Kier molecular flexibility index (Phi) is 4.82. The van der Waals surface area contributed by atoms with Crippen LogP contribution in [0.5, 0.6) is 0 Å². The lowest BCUT2D eigenvalue weighted by molar-refractivity contribution is -0.137. The van der Waals surface area contributed by atoms with Crippen LogP contribution in [0.3, 0.4) is 0 Å². The van der Waals surface area contributed by atoms with Crippen molar-refractivity contribution in [2.75, 3.05) is 0 Å². The van der Waals surface area contributed by atoms with Crippen LogP contribution in [-0.4, -0.2) is 22.1 Å². The highest BCUT2D eigenvalue weighted by atomic mass is 35.5. The number of hydrogen-bond donors (Lipinski definition) is 2. The smallest absolute Gasteiger partial charge is 0.305 e. The summed E-state index contributed by atoms with van der Waals surface area (Å²) in [6, 6.07) is 6.06. The van der Waals surface area contributed by atoms with Crippen LogP contribution < -0.4 is 5.32 Å². The predicted octanol–water partition coefficient (Wildman–Crippen LogP) is 2.89. The molecule has 0 radical (unpaired) electrons. The molecule has 1 aromatic heterocycles. The average molecular weight is 323 g/mol. The number of halogens is 1. The number of hydrogen-bond acceptors (Lipinski definition) is 4. The number of aryl methyl sites for hydroxylation is 2. The summed E-state index contributed by atoms with van der Waals surface area (Å²) < 4.78 is 4.96. The van der Waals surface area contributed by atoms with Crippen LogP contribution in [0.15, 0.2) is 28.8 Å². The van der Waals surface area contributed by atoms with Crippen molar-refractivity contribution in [2.45, 2.75) is 26.3 Å². The predicted molar refractivity (Wildman–Crippen MR) is 79.9 cm³/mol. The van der Waals surface area contributed by atoms with E-state index in [4.69, 9.17) is 21.2 Å². The summed E-state index contributed by atoms with van der Waals surface area (Å²) in [7, 11) is 0. The number of carbonyl (C=O) groups is 2. The molecule has 0 bridgehead atoms. The number of benzene rings is 1. The minimum Gasteiger partial charge on any atom is -0.481 e. The van der Waals surface area contributed by atoms with Gasteiger partial charge in [0.2, 0.25) is 0 Å². The average Bonchev–Trinajstić information content (AvgIpc) is 2.77. The zero-order chi connectivity index (χ0) is 16.3. The second-order valence-corrected chi connectivity index (χ2v) is 5.25. The number of amides is 1. The second kappa shape index (κ2) is 6.62. The number of aromatic nitrogens is 1. The summed E-state index contributed by atoms with van der Waals surface area (Å²) in [6.07, 6.45) is -0.279. The molecule has 1 heterocycles. The van der Waals surface area contributed by atoms with Crippen molar-refractivity contribution in [1.29, 1.82) is 0 Å². The third-order valence-corrected chi connectivity index (χ3v) is 3.57. The number of nitrogens with zero attached hydrogens (tertiary/aromatic N) is 1. The fourth-order valence-corrected chi connectivity index (χ4v) is 2.48. The van der Waals surface area contributed by atoms with Gasteiger partial charge in [0.05, 0.1) is 18.2 Å². The first-order chi connectivity index (χ1) is 10.4. The van der Waals surface area contributed by atoms with Gasteiger partial charge in [0, 0.05) is 5.02 Å². The highest BCUT2D eigenvalue weighted by Crippen LogP contribution is 2.26. The third-order valence-electron chi connectivity index (χ3n) is 3.23. The Morgan fingerprint density at radius 2 is 2.05 bits per heavy atom. The Bertz CT molecular complexity index is 692. The molecule has 1 amide bonds. The largest absolute Gasteiger partial charge is 0.481 e. The first-order valence-electron chi connectivity index (χ1n) is 6.60. The van der Waals surface area contributed by atoms with E-state index in [9.17, 15) is 9.59 Å². The first-order valence-corrected chi connectivity index (χ1v) is 6.98. The molecule has 2 N–H and O–H groups in total. The monoisotopic (exact) mass is 322 g/mol. The molecule has 0 aliphatic rings. The van der Waals surface area contributed by atoms with Gasteiger partial charge in [-0.25, -0.2) is 0 Å². The molecule has 7 heteroatoms. The van der Waals surface area contributed by atoms with Gasteiger partial charge in [0.1, 0.15) is 11.3 Å². The van der Waals surface area contributed by atoms with Crippen molar-refractivity contribution in [3.63, 3.8) is 0 Å². The van der Waals surface area contributed by atoms with Crippen molar-refractivity contribution >= 4 is 23.5 Å². The van der Waals surface area contributed by atoms with Gasteiger partial charge in [-0.2, -0.15) is 0 Å². The summed E-state index contributed by atoms with van der Waals surface area (Å²) >= 11 is 6.10. The van der Waals surface area contributed by atoms with Gasteiger partial charge in [-0.15, -0.1) is 0 Å². The SMILES string of the molecule is Cc1noc(C)c1C(=O)N[C@H](CC(=O)O)c1ccccc1Cl. The highest BCUT2D eigenvalue weighted by Gasteiger charge is 2.24. The van der Waals surface area contributed by atoms with E-state index in [1.54, 1.807) is 38.1 Å². The minimum absolute atomic E-state index is 0.279. The molecule has 0 spiro atoms. The van der Waals surface area contributed by atoms with Crippen LogP contribution in [0.2, 0.25) is 5.02 Å². The quantitative estimate of drug-likeness (QED) is 0.883. The number of nitrogens with one attached hydrogen (secondary N) is 1. The molecule has 6 nitrogen and oxygen atoms in total.